The maximum atomic E-state index is 16.0. The molecule has 0 unspecified atom stereocenters. The smallest absolute Gasteiger partial charge is 0.290 e. The first kappa shape index (κ1) is 28.3. The second-order valence-electron chi connectivity index (χ2n) is 11.9. The lowest BCUT2D eigenvalue weighted by Gasteiger charge is -2.30. The SMILES string of the molecule is Cc1ccc(-c2cc(Nc3cc(CN4CCC4)n(C)n3)c(=O)n(C)n2)c(F)c1NC(=O)c1cc2c(s1)CC(C)(C)[C@@H]2O. The molecule has 1 saturated heterocycles. The third kappa shape index (κ3) is 5.03. The van der Waals surface area contributed by atoms with Crippen molar-refractivity contribution in [2.24, 2.45) is 19.5 Å². The Labute approximate surface area is 246 Å². The number of aryl methyl sites for hydroxylation is 3. The Balaban J connectivity index is 1.27. The van der Waals surface area contributed by atoms with Gasteiger partial charge in [0.15, 0.2) is 11.6 Å². The van der Waals surface area contributed by atoms with Crippen molar-refractivity contribution in [3.8, 4) is 11.3 Å². The summed E-state index contributed by atoms with van der Waals surface area (Å²) in [5, 5.41) is 25.3. The fourth-order valence-electron chi connectivity index (χ4n) is 5.51. The van der Waals surface area contributed by atoms with Crippen LogP contribution in [0.25, 0.3) is 11.3 Å². The monoisotopic (exact) mass is 591 g/mol. The van der Waals surface area contributed by atoms with E-state index in [2.05, 4.69) is 25.7 Å². The summed E-state index contributed by atoms with van der Waals surface area (Å²) in [6.07, 6.45) is 1.22. The molecule has 4 aromatic rings. The van der Waals surface area contributed by atoms with Crippen LogP contribution in [0, 0.1) is 18.2 Å². The first-order chi connectivity index (χ1) is 19.9. The van der Waals surface area contributed by atoms with E-state index in [1.54, 1.807) is 29.8 Å². The summed E-state index contributed by atoms with van der Waals surface area (Å²) in [6.45, 7) is 8.59. The van der Waals surface area contributed by atoms with Gasteiger partial charge >= 0.3 is 0 Å². The number of carbonyl (C=O) groups excluding carboxylic acids is 1. The van der Waals surface area contributed by atoms with Crippen LogP contribution >= 0.6 is 11.3 Å². The van der Waals surface area contributed by atoms with Crippen LogP contribution in [0.4, 0.5) is 21.6 Å². The molecular formula is C30H34FN7O3S. The van der Waals surface area contributed by atoms with Crippen molar-refractivity contribution in [1.82, 2.24) is 24.5 Å². The number of benzene rings is 1. The van der Waals surface area contributed by atoms with Crippen LogP contribution in [-0.2, 0) is 27.1 Å². The highest BCUT2D eigenvalue weighted by Gasteiger charge is 2.40. The van der Waals surface area contributed by atoms with Gasteiger partial charge in [0.25, 0.3) is 11.5 Å². The van der Waals surface area contributed by atoms with Gasteiger partial charge in [0, 0.05) is 37.1 Å². The van der Waals surface area contributed by atoms with Gasteiger partial charge in [0.2, 0.25) is 0 Å². The second-order valence-corrected chi connectivity index (χ2v) is 13.0. The number of nitrogens with one attached hydrogen (secondary N) is 2. The Morgan fingerprint density at radius 1 is 1.17 bits per heavy atom. The first-order valence-electron chi connectivity index (χ1n) is 13.9. The van der Waals surface area contributed by atoms with Gasteiger partial charge in [-0.3, -0.25) is 19.2 Å². The van der Waals surface area contributed by atoms with Crippen molar-refractivity contribution >= 4 is 34.4 Å². The lowest BCUT2D eigenvalue weighted by atomic mass is 9.88. The normalized spacial score (nSPS) is 17.6. The number of amides is 1. The summed E-state index contributed by atoms with van der Waals surface area (Å²) in [6, 6.07) is 8.39. The molecule has 1 fully saturated rings. The number of aliphatic hydroxyl groups is 1. The topological polar surface area (TPSA) is 117 Å². The summed E-state index contributed by atoms with van der Waals surface area (Å²) in [5.74, 6) is -0.588. The van der Waals surface area contributed by atoms with Gasteiger partial charge in [-0.05, 0) is 67.6 Å². The number of rotatable bonds is 7. The summed E-state index contributed by atoms with van der Waals surface area (Å²) >= 11 is 1.32. The highest BCUT2D eigenvalue weighted by Crippen LogP contribution is 2.48. The number of hydrogen-bond acceptors (Lipinski definition) is 8. The summed E-state index contributed by atoms with van der Waals surface area (Å²) in [4.78, 5) is 29.8. The van der Waals surface area contributed by atoms with E-state index in [-0.39, 0.29) is 33.6 Å². The van der Waals surface area contributed by atoms with E-state index in [0.29, 0.717) is 22.7 Å². The first-order valence-corrected chi connectivity index (χ1v) is 14.7. The van der Waals surface area contributed by atoms with Gasteiger partial charge in [-0.1, -0.05) is 19.9 Å². The molecular weight excluding hydrogens is 557 g/mol. The van der Waals surface area contributed by atoms with Gasteiger partial charge < -0.3 is 15.7 Å². The highest BCUT2D eigenvalue weighted by molar-refractivity contribution is 7.14. The van der Waals surface area contributed by atoms with Crippen molar-refractivity contribution in [2.45, 2.75) is 46.3 Å². The largest absolute Gasteiger partial charge is 0.388 e. The fourth-order valence-corrected chi connectivity index (χ4v) is 6.83. The third-order valence-electron chi connectivity index (χ3n) is 8.22. The molecule has 0 radical (unpaired) electrons. The number of carbonyl (C=O) groups is 1. The third-order valence-corrected chi connectivity index (χ3v) is 9.37. The van der Waals surface area contributed by atoms with E-state index in [4.69, 9.17) is 0 Å². The number of likely N-dealkylation sites (tertiary alicyclic amines) is 1. The predicted octanol–water partition coefficient (Wildman–Crippen LogP) is 4.51. The minimum absolute atomic E-state index is 0.0393. The van der Waals surface area contributed by atoms with E-state index in [0.717, 1.165) is 40.5 Å². The Morgan fingerprint density at radius 2 is 1.93 bits per heavy atom. The number of halogens is 1. The number of aliphatic hydroxyl groups excluding tert-OH is 1. The van der Waals surface area contributed by atoms with Crippen molar-refractivity contribution in [3.05, 3.63) is 73.1 Å². The Kier molecular flexibility index (Phi) is 7.03. The van der Waals surface area contributed by atoms with Crippen LogP contribution in [0.5, 0.6) is 0 Å². The van der Waals surface area contributed by atoms with Crippen LogP contribution in [0.3, 0.4) is 0 Å². The molecule has 12 heteroatoms. The highest BCUT2D eigenvalue weighted by atomic mass is 32.1. The molecule has 1 amide bonds. The van der Waals surface area contributed by atoms with E-state index in [1.165, 1.54) is 30.9 Å². The Bertz CT molecular complexity index is 1770. The van der Waals surface area contributed by atoms with Gasteiger partial charge in [0.05, 0.1) is 28.1 Å². The number of nitrogens with zero attached hydrogens (tertiary/aromatic N) is 5. The average molecular weight is 592 g/mol. The molecule has 1 aromatic carbocycles. The van der Waals surface area contributed by atoms with Crippen LogP contribution in [-0.4, -0.2) is 48.6 Å². The predicted molar refractivity (Wildman–Crippen MR) is 161 cm³/mol. The maximum absolute atomic E-state index is 16.0. The van der Waals surface area contributed by atoms with Crippen molar-refractivity contribution in [1.29, 1.82) is 0 Å². The van der Waals surface area contributed by atoms with Crippen LogP contribution < -0.4 is 16.2 Å². The lowest BCUT2D eigenvalue weighted by molar-refractivity contribution is 0.0665. The van der Waals surface area contributed by atoms with E-state index >= 15 is 4.39 Å². The van der Waals surface area contributed by atoms with E-state index in [1.807, 2.05) is 27.0 Å². The zero-order valence-electron chi connectivity index (χ0n) is 24.3. The molecule has 0 saturated carbocycles. The van der Waals surface area contributed by atoms with E-state index < -0.39 is 17.8 Å². The quantitative estimate of drug-likeness (QED) is 0.290. The molecule has 2 aliphatic rings. The summed E-state index contributed by atoms with van der Waals surface area (Å²) < 4.78 is 18.9. The minimum Gasteiger partial charge on any atom is -0.388 e. The van der Waals surface area contributed by atoms with E-state index in [9.17, 15) is 14.7 Å². The van der Waals surface area contributed by atoms with Crippen LogP contribution in [0.1, 0.15) is 57.7 Å². The molecule has 4 heterocycles. The standard InChI is InChI=1S/C30H34FN7O3S/c1-16-7-8-18(25(31)26(16)33-28(40)22-12-19-23(42-22)14-30(2,3)27(19)39)20-13-21(29(41)37(5)34-20)32-24-11-17(36(4)35-24)15-38-9-6-10-38/h7-8,11-13,27,39H,6,9-10,14-15H2,1-5H3,(H,32,35)(H,33,40)/t27-/m1/s1. The second kappa shape index (κ2) is 10.4. The van der Waals surface area contributed by atoms with Gasteiger partial charge in [-0.25, -0.2) is 9.07 Å². The zero-order chi connectivity index (χ0) is 29.9. The molecule has 1 atom stereocenters. The van der Waals surface area contributed by atoms with Crippen molar-refractivity contribution in [3.63, 3.8) is 0 Å². The molecule has 3 aromatic heterocycles. The van der Waals surface area contributed by atoms with Gasteiger partial charge in [-0.15, -0.1) is 11.3 Å². The van der Waals surface area contributed by atoms with Crippen molar-refractivity contribution in [2.75, 3.05) is 23.7 Å². The average Bonchev–Trinajstić information content (AvgIpc) is 3.53. The molecule has 0 spiro atoms. The number of fused-ring (bicyclic) bond motifs is 1. The minimum atomic E-state index is -0.652. The molecule has 1 aliphatic heterocycles. The molecule has 1 aliphatic carbocycles. The summed E-state index contributed by atoms with van der Waals surface area (Å²) in [7, 11) is 3.37. The molecule has 6 rings (SSSR count). The summed E-state index contributed by atoms with van der Waals surface area (Å²) in [5.41, 5.74) is 2.26. The molecule has 3 N–H and O–H groups in total. The zero-order valence-corrected chi connectivity index (χ0v) is 25.1. The van der Waals surface area contributed by atoms with Gasteiger partial charge in [0.1, 0.15) is 5.69 Å². The van der Waals surface area contributed by atoms with Crippen LogP contribution in [0.2, 0.25) is 0 Å². The number of thiophene rings is 1. The molecule has 42 heavy (non-hydrogen) atoms. The lowest BCUT2D eigenvalue weighted by Crippen LogP contribution is -2.36. The van der Waals surface area contributed by atoms with Crippen molar-refractivity contribution < 1.29 is 14.3 Å². The Morgan fingerprint density at radius 3 is 2.62 bits per heavy atom. The fraction of sp³-hybridized carbons (Fsp3) is 0.400. The maximum Gasteiger partial charge on any atom is 0.290 e. The number of anilines is 3. The molecule has 220 valence electrons. The number of hydrogen-bond donors (Lipinski definition) is 3. The Hall–Kier alpha value is -3.87. The van der Waals surface area contributed by atoms with Crippen LogP contribution in [0.15, 0.2) is 35.1 Å². The number of aromatic nitrogens is 4. The molecule has 0 bridgehead atoms. The van der Waals surface area contributed by atoms with Gasteiger partial charge in [-0.2, -0.15) is 10.2 Å². The molecule has 10 nitrogen and oxygen atoms in total.